The molecular weight excluding hydrogens is 218 g/mol. The number of rotatable bonds is 5. The zero-order chi connectivity index (χ0) is 12.8. The molecule has 5 heteroatoms. The first kappa shape index (κ1) is 14.0. The van der Waals surface area contributed by atoms with Crippen LogP contribution in [0.5, 0.6) is 0 Å². The molecule has 1 fully saturated rings. The molecule has 17 heavy (non-hydrogen) atoms. The van der Waals surface area contributed by atoms with Gasteiger partial charge in [0.1, 0.15) is 0 Å². The number of nitrogens with two attached hydrogens (primary N) is 2. The van der Waals surface area contributed by atoms with E-state index in [0.717, 1.165) is 25.7 Å². The number of hydrogen-bond donors (Lipinski definition) is 2. The van der Waals surface area contributed by atoms with Gasteiger partial charge in [-0.3, -0.25) is 9.59 Å². The molecule has 0 aromatic carbocycles. The summed E-state index contributed by atoms with van der Waals surface area (Å²) in [5, 5.41) is 0. The average Bonchev–Trinajstić information content (AvgIpc) is 2.28. The van der Waals surface area contributed by atoms with E-state index in [2.05, 4.69) is 0 Å². The molecule has 1 saturated heterocycles. The van der Waals surface area contributed by atoms with Gasteiger partial charge in [-0.25, -0.2) is 0 Å². The summed E-state index contributed by atoms with van der Waals surface area (Å²) in [5.41, 5.74) is 11.0. The fourth-order valence-corrected chi connectivity index (χ4v) is 2.31. The Morgan fingerprint density at radius 1 is 1.35 bits per heavy atom. The quantitative estimate of drug-likeness (QED) is 0.722. The van der Waals surface area contributed by atoms with Crippen LogP contribution >= 0.6 is 0 Å². The average molecular weight is 241 g/mol. The third-order valence-corrected chi connectivity index (χ3v) is 3.33. The van der Waals surface area contributed by atoms with Crippen LogP contribution in [0.15, 0.2) is 0 Å². The van der Waals surface area contributed by atoms with Crippen LogP contribution in [0.4, 0.5) is 0 Å². The van der Waals surface area contributed by atoms with Gasteiger partial charge >= 0.3 is 0 Å². The molecule has 2 amide bonds. The van der Waals surface area contributed by atoms with Crippen molar-refractivity contribution in [2.75, 3.05) is 13.1 Å². The molecule has 0 aliphatic carbocycles. The summed E-state index contributed by atoms with van der Waals surface area (Å²) in [6, 6.07) is -0.368. The van der Waals surface area contributed by atoms with E-state index >= 15 is 0 Å². The van der Waals surface area contributed by atoms with Crippen molar-refractivity contribution < 1.29 is 9.59 Å². The van der Waals surface area contributed by atoms with Gasteiger partial charge in [-0.15, -0.1) is 0 Å². The van der Waals surface area contributed by atoms with Crippen LogP contribution in [0.2, 0.25) is 0 Å². The Bertz CT molecular complexity index is 273. The summed E-state index contributed by atoms with van der Waals surface area (Å²) >= 11 is 0. The lowest BCUT2D eigenvalue weighted by Crippen LogP contribution is -2.47. The molecule has 1 aliphatic heterocycles. The number of nitrogens with zero attached hydrogens (tertiary/aromatic N) is 1. The number of piperidine rings is 1. The maximum atomic E-state index is 11.9. The Hall–Kier alpha value is -1.10. The highest BCUT2D eigenvalue weighted by molar-refractivity contribution is 5.81. The lowest BCUT2D eigenvalue weighted by Gasteiger charge is -2.33. The normalized spacial score (nSPS) is 19.1. The number of carbonyl (C=O) groups excluding carboxylic acids is 2. The Kier molecular flexibility index (Phi) is 5.41. The third-order valence-electron chi connectivity index (χ3n) is 3.33. The standard InChI is InChI=1S/C12H23N3O2/c1-2-3-10(13)12(17)15-6-4-9(5-7-15)8-11(14)16/h9-10H,2-8,13H2,1H3,(H2,14,16)/t10-/m1/s1. The molecule has 0 bridgehead atoms. The highest BCUT2D eigenvalue weighted by Crippen LogP contribution is 2.20. The van der Waals surface area contributed by atoms with Crippen molar-refractivity contribution in [1.82, 2.24) is 4.90 Å². The van der Waals surface area contributed by atoms with E-state index in [4.69, 9.17) is 11.5 Å². The van der Waals surface area contributed by atoms with Crippen molar-refractivity contribution in [2.45, 2.75) is 45.1 Å². The van der Waals surface area contributed by atoms with Gasteiger partial charge in [0.15, 0.2) is 0 Å². The van der Waals surface area contributed by atoms with Gasteiger partial charge in [0.2, 0.25) is 11.8 Å². The van der Waals surface area contributed by atoms with Crippen LogP contribution in [-0.4, -0.2) is 35.8 Å². The maximum absolute atomic E-state index is 11.9. The van der Waals surface area contributed by atoms with Crippen molar-refractivity contribution in [3.8, 4) is 0 Å². The number of carbonyl (C=O) groups is 2. The van der Waals surface area contributed by atoms with E-state index in [1.807, 2.05) is 11.8 Å². The molecule has 5 nitrogen and oxygen atoms in total. The first-order valence-corrected chi connectivity index (χ1v) is 6.37. The predicted molar refractivity (Wildman–Crippen MR) is 66.0 cm³/mol. The smallest absolute Gasteiger partial charge is 0.239 e. The monoisotopic (exact) mass is 241 g/mol. The van der Waals surface area contributed by atoms with Crippen molar-refractivity contribution in [3.05, 3.63) is 0 Å². The van der Waals surface area contributed by atoms with Crippen molar-refractivity contribution in [3.63, 3.8) is 0 Å². The minimum atomic E-state index is -0.368. The van der Waals surface area contributed by atoms with Crippen LogP contribution < -0.4 is 11.5 Å². The largest absolute Gasteiger partial charge is 0.370 e. The Morgan fingerprint density at radius 2 is 1.94 bits per heavy atom. The second kappa shape index (κ2) is 6.59. The van der Waals surface area contributed by atoms with Crippen molar-refractivity contribution in [1.29, 1.82) is 0 Å². The molecule has 1 aliphatic rings. The molecule has 4 N–H and O–H groups in total. The molecule has 1 rings (SSSR count). The summed E-state index contributed by atoms with van der Waals surface area (Å²) in [7, 11) is 0. The van der Waals surface area contributed by atoms with Crippen LogP contribution in [0.1, 0.15) is 39.0 Å². The molecule has 0 spiro atoms. The van der Waals surface area contributed by atoms with E-state index in [9.17, 15) is 9.59 Å². The molecular formula is C12H23N3O2. The fourth-order valence-electron chi connectivity index (χ4n) is 2.31. The number of amides is 2. The van der Waals surface area contributed by atoms with Gasteiger partial charge in [0.25, 0.3) is 0 Å². The van der Waals surface area contributed by atoms with Crippen molar-refractivity contribution in [2.24, 2.45) is 17.4 Å². The second-order valence-corrected chi connectivity index (χ2v) is 4.83. The number of likely N-dealkylation sites (tertiary alicyclic amines) is 1. The predicted octanol–water partition coefficient (Wildman–Crippen LogP) is 0.228. The van der Waals surface area contributed by atoms with Crippen molar-refractivity contribution >= 4 is 11.8 Å². The second-order valence-electron chi connectivity index (χ2n) is 4.83. The van der Waals surface area contributed by atoms with E-state index < -0.39 is 0 Å². The molecule has 0 radical (unpaired) electrons. The van der Waals surface area contributed by atoms with Gasteiger partial charge in [-0.1, -0.05) is 13.3 Å². The van der Waals surface area contributed by atoms with Crippen LogP contribution in [-0.2, 0) is 9.59 Å². The first-order valence-electron chi connectivity index (χ1n) is 6.37. The highest BCUT2D eigenvalue weighted by atomic mass is 16.2. The topological polar surface area (TPSA) is 89.4 Å². The minimum absolute atomic E-state index is 0.0457. The van der Waals surface area contributed by atoms with Gasteiger partial charge in [-0.05, 0) is 25.2 Å². The van der Waals surface area contributed by atoms with Gasteiger partial charge in [-0.2, -0.15) is 0 Å². The van der Waals surface area contributed by atoms with Gasteiger partial charge in [0, 0.05) is 19.5 Å². The third kappa shape index (κ3) is 4.34. The van der Waals surface area contributed by atoms with Crippen LogP contribution in [0, 0.1) is 5.92 Å². The summed E-state index contributed by atoms with van der Waals surface area (Å²) in [4.78, 5) is 24.5. The van der Waals surface area contributed by atoms with E-state index in [-0.39, 0.29) is 17.9 Å². The SMILES string of the molecule is CCC[C@@H](N)C(=O)N1CCC(CC(N)=O)CC1. The first-order chi connectivity index (χ1) is 8.04. The fraction of sp³-hybridized carbons (Fsp3) is 0.833. The molecule has 1 atom stereocenters. The zero-order valence-corrected chi connectivity index (χ0v) is 10.5. The Balaban J connectivity index is 2.35. The maximum Gasteiger partial charge on any atom is 0.239 e. The highest BCUT2D eigenvalue weighted by Gasteiger charge is 2.26. The van der Waals surface area contributed by atoms with E-state index in [1.165, 1.54) is 0 Å². The summed E-state index contributed by atoms with van der Waals surface area (Å²) < 4.78 is 0. The molecule has 0 aromatic rings. The summed E-state index contributed by atoms with van der Waals surface area (Å²) in [6.45, 7) is 3.43. The van der Waals surface area contributed by atoms with Crippen LogP contribution in [0.25, 0.3) is 0 Å². The lowest BCUT2D eigenvalue weighted by atomic mass is 9.93. The summed E-state index contributed by atoms with van der Waals surface area (Å²) in [5.74, 6) is 0.126. The lowest BCUT2D eigenvalue weighted by molar-refractivity contribution is -0.134. The molecule has 0 unspecified atom stereocenters. The van der Waals surface area contributed by atoms with Gasteiger partial charge in [0.05, 0.1) is 6.04 Å². The van der Waals surface area contributed by atoms with E-state index in [1.54, 1.807) is 0 Å². The molecule has 1 heterocycles. The van der Waals surface area contributed by atoms with E-state index in [0.29, 0.717) is 25.4 Å². The number of primary amides is 1. The molecule has 0 aromatic heterocycles. The van der Waals surface area contributed by atoms with Crippen LogP contribution in [0.3, 0.4) is 0 Å². The minimum Gasteiger partial charge on any atom is -0.370 e. The Labute approximate surface area is 103 Å². The molecule has 98 valence electrons. The Morgan fingerprint density at radius 3 is 2.41 bits per heavy atom. The molecule has 0 saturated carbocycles. The number of hydrogen-bond acceptors (Lipinski definition) is 3. The summed E-state index contributed by atoms with van der Waals surface area (Å²) in [6.07, 6.45) is 3.80. The zero-order valence-electron chi connectivity index (χ0n) is 10.5. The van der Waals surface area contributed by atoms with Gasteiger partial charge < -0.3 is 16.4 Å².